The highest BCUT2D eigenvalue weighted by atomic mass is 16.5. The molecule has 3 atom stereocenters. The van der Waals surface area contributed by atoms with Crippen molar-refractivity contribution in [3.8, 4) is 5.75 Å². The fraction of sp³-hybridized carbons (Fsp3) is 0.400. The summed E-state index contributed by atoms with van der Waals surface area (Å²) in [6, 6.07) is 11.8. The van der Waals surface area contributed by atoms with E-state index >= 15 is 0 Å². The second kappa shape index (κ2) is 6.39. The second-order valence-corrected chi connectivity index (χ2v) is 7.07. The number of anilines is 1. The van der Waals surface area contributed by atoms with Crippen LogP contribution in [-0.4, -0.2) is 48.6 Å². The average Bonchev–Trinajstić information content (AvgIpc) is 3.19. The summed E-state index contributed by atoms with van der Waals surface area (Å²) in [4.78, 5) is 21.1. The first-order valence-corrected chi connectivity index (χ1v) is 8.78. The fourth-order valence-corrected chi connectivity index (χ4v) is 3.99. The molecule has 1 aromatic carbocycles. The van der Waals surface area contributed by atoms with Crippen molar-refractivity contribution in [2.75, 3.05) is 25.5 Å². The lowest BCUT2D eigenvalue weighted by atomic mass is 10.1. The van der Waals surface area contributed by atoms with Gasteiger partial charge in [-0.25, -0.2) is 0 Å². The van der Waals surface area contributed by atoms with Gasteiger partial charge in [0.2, 0.25) is 0 Å². The van der Waals surface area contributed by atoms with E-state index in [4.69, 9.17) is 4.74 Å². The third kappa shape index (κ3) is 2.95. The third-order valence-corrected chi connectivity index (χ3v) is 5.31. The molecule has 2 bridgehead atoms. The Kier molecular flexibility index (Phi) is 4.07. The third-order valence-electron chi connectivity index (χ3n) is 5.31. The maximum atomic E-state index is 13.0. The highest BCUT2D eigenvalue weighted by Crippen LogP contribution is 2.40. The molecular weight excluding hydrogens is 314 g/mol. The molecule has 0 spiro atoms. The minimum atomic E-state index is 0.0780. The van der Waals surface area contributed by atoms with Gasteiger partial charge in [-0.05, 0) is 49.2 Å². The summed E-state index contributed by atoms with van der Waals surface area (Å²) >= 11 is 0. The summed E-state index contributed by atoms with van der Waals surface area (Å²) in [6.07, 6.45) is 5.69. The number of rotatable bonds is 4. The first-order valence-electron chi connectivity index (χ1n) is 8.78. The standard InChI is InChI=1S/C20H23N3O2/c1-22(2)16-8-5-14(6-9-16)20(24)23-13-15-7-10-18(23)19(15)25-17-4-3-11-21-12-17/h3-6,8-9,11-12,15,18-19H,7,10,13H2,1-2H3. The van der Waals surface area contributed by atoms with E-state index in [1.807, 2.05) is 60.3 Å². The molecule has 1 aromatic heterocycles. The molecule has 2 heterocycles. The van der Waals surface area contributed by atoms with Crippen LogP contribution in [0.3, 0.4) is 0 Å². The van der Waals surface area contributed by atoms with Crippen molar-refractivity contribution in [2.24, 2.45) is 5.92 Å². The van der Waals surface area contributed by atoms with Gasteiger partial charge in [-0.3, -0.25) is 9.78 Å². The lowest BCUT2D eigenvalue weighted by molar-refractivity contribution is 0.0666. The summed E-state index contributed by atoms with van der Waals surface area (Å²) in [6.45, 7) is 0.782. The molecule has 1 saturated carbocycles. The summed E-state index contributed by atoms with van der Waals surface area (Å²) in [5, 5.41) is 0. The van der Waals surface area contributed by atoms with Crippen LogP contribution in [0.5, 0.6) is 5.75 Å². The molecule has 25 heavy (non-hydrogen) atoms. The minimum Gasteiger partial charge on any atom is -0.486 e. The van der Waals surface area contributed by atoms with Gasteiger partial charge in [0.25, 0.3) is 5.91 Å². The van der Waals surface area contributed by atoms with Crippen molar-refractivity contribution in [3.63, 3.8) is 0 Å². The molecule has 1 saturated heterocycles. The van der Waals surface area contributed by atoms with E-state index in [9.17, 15) is 4.79 Å². The molecule has 2 aromatic rings. The van der Waals surface area contributed by atoms with Gasteiger partial charge in [-0.2, -0.15) is 0 Å². The number of likely N-dealkylation sites (tertiary alicyclic amines) is 1. The number of pyridine rings is 1. The van der Waals surface area contributed by atoms with Crippen molar-refractivity contribution in [3.05, 3.63) is 54.4 Å². The Bertz CT molecular complexity index is 745. The van der Waals surface area contributed by atoms with Crippen LogP contribution in [0.4, 0.5) is 5.69 Å². The van der Waals surface area contributed by atoms with Crippen molar-refractivity contribution in [1.82, 2.24) is 9.88 Å². The molecule has 1 amide bonds. The van der Waals surface area contributed by atoms with Crippen molar-refractivity contribution in [2.45, 2.75) is 25.0 Å². The van der Waals surface area contributed by atoms with Crippen LogP contribution in [0.25, 0.3) is 0 Å². The number of fused-ring (bicyclic) bond motifs is 2. The molecular formula is C20H23N3O2. The van der Waals surface area contributed by atoms with E-state index < -0.39 is 0 Å². The van der Waals surface area contributed by atoms with Crippen LogP contribution in [0.1, 0.15) is 23.2 Å². The number of hydrogen-bond acceptors (Lipinski definition) is 4. The van der Waals surface area contributed by atoms with Gasteiger partial charge >= 0.3 is 0 Å². The zero-order valence-corrected chi connectivity index (χ0v) is 14.6. The molecule has 0 radical (unpaired) electrons. The largest absolute Gasteiger partial charge is 0.486 e. The number of piperidine rings is 1. The van der Waals surface area contributed by atoms with Crippen LogP contribution in [0, 0.1) is 5.92 Å². The summed E-state index contributed by atoms with van der Waals surface area (Å²) in [5.74, 6) is 1.31. The Labute approximate surface area is 148 Å². The van der Waals surface area contributed by atoms with Gasteiger partial charge in [-0.15, -0.1) is 0 Å². The quantitative estimate of drug-likeness (QED) is 0.861. The average molecular weight is 337 g/mol. The predicted octanol–water partition coefficient (Wildman–Crippen LogP) is 2.83. The lowest BCUT2D eigenvalue weighted by Crippen LogP contribution is -2.40. The van der Waals surface area contributed by atoms with E-state index in [-0.39, 0.29) is 18.1 Å². The van der Waals surface area contributed by atoms with Gasteiger partial charge in [-0.1, -0.05) is 0 Å². The number of amides is 1. The number of nitrogens with zero attached hydrogens (tertiary/aromatic N) is 3. The monoisotopic (exact) mass is 337 g/mol. The molecule has 5 heteroatoms. The zero-order valence-electron chi connectivity index (χ0n) is 14.6. The molecule has 5 nitrogen and oxygen atoms in total. The molecule has 0 N–H and O–H groups in total. The van der Waals surface area contributed by atoms with E-state index in [0.717, 1.165) is 36.4 Å². The Hall–Kier alpha value is -2.56. The van der Waals surface area contributed by atoms with Crippen molar-refractivity contribution < 1.29 is 9.53 Å². The summed E-state index contributed by atoms with van der Waals surface area (Å²) < 4.78 is 6.17. The number of carbonyl (C=O) groups excluding carboxylic acids is 1. The zero-order chi connectivity index (χ0) is 17.4. The van der Waals surface area contributed by atoms with Crippen LogP contribution in [-0.2, 0) is 0 Å². The normalized spacial score (nSPS) is 24.4. The summed E-state index contributed by atoms with van der Waals surface area (Å²) in [7, 11) is 3.99. The Morgan fingerprint density at radius 3 is 2.68 bits per heavy atom. The number of benzene rings is 1. The van der Waals surface area contributed by atoms with Crippen LogP contribution < -0.4 is 9.64 Å². The van der Waals surface area contributed by atoms with Crippen LogP contribution in [0.15, 0.2) is 48.8 Å². The predicted molar refractivity (Wildman–Crippen MR) is 97.0 cm³/mol. The topological polar surface area (TPSA) is 45.7 Å². The molecule has 2 fully saturated rings. The van der Waals surface area contributed by atoms with Gasteiger partial charge in [0, 0.05) is 44.0 Å². The summed E-state index contributed by atoms with van der Waals surface area (Å²) in [5.41, 5.74) is 1.84. The molecule has 1 aliphatic heterocycles. The molecule has 4 rings (SSSR count). The van der Waals surface area contributed by atoms with Crippen LogP contribution >= 0.6 is 0 Å². The van der Waals surface area contributed by atoms with Crippen molar-refractivity contribution in [1.29, 1.82) is 0 Å². The van der Waals surface area contributed by atoms with Crippen molar-refractivity contribution >= 4 is 11.6 Å². The maximum Gasteiger partial charge on any atom is 0.254 e. The highest BCUT2D eigenvalue weighted by molar-refractivity contribution is 5.95. The second-order valence-electron chi connectivity index (χ2n) is 7.07. The van der Waals surface area contributed by atoms with E-state index in [2.05, 4.69) is 4.98 Å². The maximum absolute atomic E-state index is 13.0. The minimum absolute atomic E-state index is 0.0780. The van der Waals surface area contributed by atoms with Gasteiger partial charge in [0.15, 0.2) is 0 Å². The first-order chi connectivity index (χ1) is 12.1. The van der Waals surface area contributed by atoms with Gasteiger partial charge < -0.3 is 14.5 Å². The Morgan fingerprint density at radius 2 is 2.00 bits per heavy atom. The number of aromatic nitrogens is 1. The molecule has 2 aliphatic rings. The number of carbonyl (C=O) groups is 1. The number of ether oxygens (including phenoxy) is 1. The fourth-order valence-electron chi connectivity index (χ4n) is 3.99. The highest BCUT2D eigenvalue weighted by Gasteiger charge is 2.50. The van der Waals surface area contributed by atoms with E-state index in [1.54, 1.807) is 12.4 Å². The molecule has 3 unspecified atom stereocenters. The smallest absolute Gasteiger partial charge is 0.254 e. The first kappa shape index (κ1) is 15.9. The lowest BCUT2D eigenvalue weighted by Gasteiger charge is -2.27. The Balaban J connectivity index is 1.49. The van der Waals surface area contributed by atoms with Gasteiger partial charge in [0.05, 0.1) is 12.2 Å². The van der Waals surface area contributed by atoms with E-state index in [0.29, 0.717) is 5.92 Å². The molecule has 1 aliphatic carbocycles. The van der Waals surface area contributed by atoms with Crippen LogP contribution in [0.2, 0.25) is 0 Å². The number of hydrogen-bond donors (Lipinski definition) is 0. The SMILES string of the molecule is CN(C)c1ccc(C(=O)N2CC3CCC2C3Oc2cccnc2)cc1. The van der Waals surface area contributed by atoms with Gasteiger partial charge in [0.1, 0.15) is 11.9 Å². The molecule has 130 valence electrons. The Morgan fingerprint density at radius 1 is 1.20 bits per heavy atom. The van der Waals surface area contributed by atoms with E-state index in [1.165, 1.54) is 0 Å².